The summed E-state index contributed by atoms with van der Waals surface area (Å²) in [6, 6.07) is 5.32. The normalized spacial score (nSPS) is 10.8. The van der Waals surface area contributed by atoms with Gasteiger partial charge in [0.15, 0.2) is 0 Å². The molecule has 25 heavy (non-hydrogen) atoms. The summed E-state index contributed by atoms with van der Waals surface area (Å²) < 4.78 is 7.12. The molecule has 0 aliphatic carbocycles. The summed E-state index contributed by atoms with van der Waals surface area (Å²) in [6.07, 6.45) is 1.89. The number of ether oxygens (including phenoxy) is 1. The number of hydrogen-bond acceptors (Lipinski definition) is 4. The van der Waals surface area contributed by atoms with Crippen molar-refractivity contribution in [2.45, 2.75) is 13.8 Å². The third kappa shape index (κ3) is 3.55. The SMILES string of the molecule is COc1cc(C)c(Cl)cc1NC(=O)c1cc(-c2csc(C)n2)cn1C. The molecule has 1 N–H and O–H groups in total. The van der Waals surface area contributed by atoms with Gasteiger partial charge in [0.25, 0.3) is 5.91 Å². The van der Waals surface area contributed by atoms with Crippen LogP contribution in [0.2, 0.25) is 5.02 Å². The van der Waals surface area contributed by atoms with Crippen LogP contribution in [-0.4, -0.2) is 22.6 Å². The van der Waals surface area contributed by atoms with Gasteiger partial charge in [0.05, 0.1) is 23.5 Å². The molecule has 130 valence electrons. The van der Waals surface area contributed by atoms with E-state index in [0.29, 0.717) is 22.2 Å². The molecule has 0 saturated carbocycles. The highest BCUT2D eigenvalue weighted by Gasteiger charge is 2.16. The molecule has 0 radical (unpaired) electrons. The van der Waals surface area contributed by atoms with Crippen molar-refractivity contribution in [3.8, 4) is 17.0 Å². The predicted octanol–water partition coefficient (Wildman–Crippen LogP) is 4.68. The topological polar surface area (TPSA) is 56.1 Å². The lowest BCUT2D eigenvalue weighted by Crippen LogP contribution is -2.16. The molecule has 2 aromatic heterocycles. The number of anilines is 1. The Morgan fingerprint density at radius 1 is 1.32 bits per heavy atom. The fraction of sp³-hybridized carbons (Fsp3) is 0.222. The van der Waals surface area contributed by atoms with E-state index in [-0.39, 0.29) is 5.91 Å². The van der Waals surface area contributed by atoms with Gasteiger partial charge in [-0.2, -0.15) is 0 Å². The molecular formula is C18H18ClN3O2S. The first-order valence-corrected chi connectivity index (χ1v) is 8.89. The molecule has 0 unspecified atom stereocenters. The summed E-state index contributed by atoms with van der Waals surface area (Å²) in [5, 5.41) is 6.41. The first-order valence-electron chi connectivity index (χ1n) is 7.63. The number of aromatic nitrogens is 2. The van der Waals surface area contributed by atoms with Crippen molar-refractivity contribution in [1.29, 1.82) is 0 Å². The minimum atomic E-state index is -0.237. The van der Waals surface area contributed by atoms with Gasteiger partial charge in [0, 0.05) is 29.2 Å². The average Bonchev–Trinajstić information content (AvgIpc) is 3.16. The summed E-state index contributed by atoms with van der Waals surface area (Å²) >= 11 is 7.75. The van der Waals surface area contributed by atoms with Crippen molar-refractivity contribution in [2.75, 3.05) is 12.4 Å². The van der Waals surface area contributed by atoms with Crippen LogP contribution >= 0.6 is 22.9 Å². The molecule has 2 heterocycles. The Kier molecular flexibility index (Phi) is 4.83. The fourth-order valence-electron chi connectivity index (χ4n) is 2.53. The summed E-state index contributed by atoms with van der Waals surface area (Å²) in [5.41, 5.74) is 3.73. The van der Waals surface area contributed by atoms with E-state index in [1.165, 1.54) is 0 Å². The van der Waals surface area contributed by atoms with Crippen molar-refractivity contribution in [3.05, 3.63) is 51.1 Å². The third-order valence-electron chi connectivity index (χ3n) is 3.88. The molecule has 0 atom stereocenters. The number of amides is 1. The number of nitrogens with zero attached hydrogens (tertiary/aromatic N) is 2. The molecule has 1 amide bonds. The minimum absolute atomic E-state index is 0.237. The van der Waals surface area contributed by atoms with Gasteiger partial charge in [-0.3, -0.25) is 4.79 Å². The average molecular weight is 376 g/mol. The van der Waals surface area contributed by atoms with E-state index in [0.717, 1.165) is 21.8 Å². The predicted molar refractivity (Wildman–Crippen MR) is 102 cm³/mol. The number of rotatable bonds is 4. The van der Waals surface area contributed by atoms with Crippen LogP contribution in [0.4, 0.5) is 5.69 Å². The van der Waals surface area contributed by atoms with Crippen LogP contribution in [0.25, 0.3) is 11.3 Å². The Morgan fingerprint density at radius 2 is 2.08 bits per heavy atom. The highest BCUT2D eigenvalue weighted by Crippen LogP contribution is 2.31. The van der Waals surface area contributed by atoms with Gasteiger partial charge in [-0.25, -0.2) is 4.98 Å². The lowest BCUT2D eigenvalue weighted by Gasteiger charge is -2.12. The number of methoxy groups -OCH3 is 1. The van der Waals surface area contributed by atoms with E-state index in [9.17, 15) is 4.79 Å². The van der Waals surface area contributed by atoms with Crippen LogP contribution in [0.5, 0.6) is 5.75 Å². The number of benzene rings is 1. The van der Waals surface area contributed by atoms with E-state index < -0.39 is 0 Å². The number of hydrogen-bond donors (Lipinski definition) is 1. The van der Waals surface area contributed by atoms with Crippen molar-refractivity contribution in [1.82, 2.24) is 9.55 Å². The zero-order valence-corrected chi connectivity index (χ0v) is 16.0. The van der Waals surface area contributed by atoms with Crippen LogP contribution in [0.3, 0.4) is 0 Å². The molecule has 3 aromatic rings. The standard InChI is InChI=1S/C18H18ClN3O2S/c1-10-5-17(24-4)14(7-13(10)19)21-18(23)16-6-12(8-22(16)3)15-9-25-11(2)20-15/h5-9H,1-4H3,(H,21,23). The van der Waals surface area contributed by atoms with Crippen molar-refractivity contribution >= 4 is 34.5 Å². The maximum Gasteiger partial charge on any atom is 0.272 e. The van der Waals surface area contributed by atoms with Gasteiger partial charge in [-0.05, 0) is 37.6 Å². The van der Waals surface area contributed by atoms with Crippen molar-refractivity contribution < 1.29 is 9.53 Å². The second kappa shape index (κ2) is 6.90. The summed E-state index contributed by atoms with van der Waals surface area (Å²) in [6.45, 7) is 3.84. The van der Waals surface area contributed by atoms with Crippen LogP contribution in [0.1, 0.15) is 21.1 Å². The Morgan fingerprint density at radius 3 is 2.72 bits per heavy atom. The number of carbonyl (C=O) groups is 1. The number of thiazole rings is 1. The lowest BCUT2D eigenvalue weighted by molar-refractivity contribution is 0.101. The van der Waals surface area contributed by atoms with E-state index in [1.54, 1.807) is 35.1 Å². The molecule has 0 spiro atoms. The Balaban J connectivity index is 1.90. The van der Waals surface area contributed by atoms with E-state index >= 15 is 0 Å². The largest absolute Gasteiger partial charge is 0.495 e. The summed E-state index contributed by atoms with van der Waals surface area (Å²) in [7, 11) is 3.39. The smallest absolute Gasteiger partial charge is 0.272 e. The van der Waals surface area contributed by atoms with Crippen LogP contribution < -0.4 is 10.1 Å². The molecule has 0 fully saturated rings. The molecule has 0 saturated heterocycles. The lowest BCUT2D eigenvalue weighted by atomic mass is 10.2. The highest BCUT2D eigenvalue weighted by molar-refractivity contribution is 7.09. The van der Waals surface area contributed by atoms with Gasteiger partial charge in [-0.15, -0.1) is 11.3 Å². The number of carbonyl (C=O) groups excluding carboxylic acids is 1. The fourth-order valence-corrected chi connectivity index (χ4v) is 3.32. The molecular weight excluding hydrogens is 358 g/mol. The molecule has 5 nitrogen and oxygen atoms in total. The minimum Gasteiger partial charge on any atom is -0.495 e. The van der Waals surface area contributed by atoms with Crippen LogP contribution in [0.15, 0.2) is 29.8 Å². The maximum absolute atomic E-state index is 12.7. The van der Waals surface area contributed by atoms with Gasteiger partial charge in [0.2, 0.25) is 0 Å². The Labute approximate surface area is 155 Å². The number of nitrogens with one attached hydrogen (secondary N) is 1. The third-order valence-corrected chi connectivity index (χ3v) is 5.06. The number of halogens is 1. The van der Waals surface area contributed by atoms with Gasteiger partial charge in [0.1, 0.15) is 11.4 Å². The first-order chi connectivity index (χ1) is 11.9. The highest BCUT2D eigenvalue weighted by atomic mass is 35.5. The number of aryl methyl sites for hydroxylation is 3. The van der Waals surface area contributed by atoms with Gasteiger partial charge >= 0.3 is 0 Å². The zero-order chi connectivity index (χ0) is 18.1. The quantitative estimate of drug-likeness (QED) is 0.720. The molecule has 3 rings (SSSR count). The van der Waals surface area contributed by atoms with Gasteiger partial charge in [-0.1, -0.05) is 11.6 Å². The Bertz CT molecular complexity index is 946. The molecule has 0 bridgehead atoms. The Hall–Kier alpha value is -2.31. The molecule has 7 heteroatoms. The van der Waals surface area contributed by atoms with E-state index in [1.807, 2.05) is 38.5 Å². The van der Waals surface area contributed by atoms with Crippen molar-refractivity contribution in [3.63, 3.8) is 0 Å². The maximum atomic E-state index is 12.7. The second-order valence-corrected chi connectivity index (χ2v) is 7.20. The van der Waals surface area contributed by atoms with Crippen LogP contribution in [-0.2, 0) is 7.05 Å². The second-order valence-electron chi connectivity index (χ2n) is 5.73. The van der Waals surface area contributed by atoms with Crippen molar-refractivity contribution in [2.24, 2.45) is 7.05 Å². The van der Waals surface area contributed by atoms with E-state index in [4.69, 9.17) is 16.3 Å². The summed E-state index contributed by atoms with van der Waals surface area (Å²) in [5.74, 6) is 0.332. The molecule has 0 aliphatic rings. The first kappa shape index (κ1) is 17.5. The summed E-state index contributed by atoms with van der Waals surface area (Å²) in [4.78, 5) is 17.2. The molecule has 1 aromatic carbocycles. The van der Waals surface area contributed by atoms with E-state index in [2.05, 4.69) is 10.3 Å². The molecule has 0 aliphatic heterocycles. The monoisotopic (exact) mass is 375 g/mol. The zero-order valence-electron chi connectivity index (χ0n) is 14.4. The van der Waals surface area contributed by atoms with Crippen LogP contribution in [0, 0.1) is 13.8 Å². The van der Waals surface area contributed by atoms with Gasteiger partial charge < -0.3 is 14.6 Å².